The van der Waals surface area contributed by atoms with Crippen LogP contribution < -0.4 is 16.8 Å². The van der Waals surface area contributed by atoms with Crippen molar-refractivity contribution in [3.05, 3.63) is 65.9 Å². The molecule has 0 spiro atoms. The zero-order chi connectivity index (χ0) is 19.9. The van der Waals surface area contributed by atoms with Crippen molar-refractivity contribution in [2.75, 3.05) is 12.3 Å². The van der Waals surface area contributed by atoms with E-state index >= 15 is 0 Å². The van der Waals surface area contributed by atoms with Crippen LogP contribution in [0.4, 0.5) is 10.7 Å². The molecular weight excluding hydrogens is 360 g/mol. The van der Waals surface area contributed by atoms with E-state index in [1.54, 1.807) is 16.7 Å². The monoisotopic (exact) mass is 380 g/mol. The fourth-order valence-corrected chi connectivity index (χ4v) is 2.52. The molecule has 0 radical (unpaired) electrons. The number of nitrogens with one attached hydrogen (secondary N) is 1. The Kier molecular flexibility index (Phi) is 5.85. The van der Waals surface area contributed by atoms with Crippen LogP contribution in [-0.4, -0.2) is 33.1 Å². The summed E-state index contributed by atoms with van der Waals surface area (Å²) in [6.45, 7) is 0.929. The van der Waals surface area contributed by atoms with Gasteiger partial charge in [-0.2, -0.15) is 0 Å². The molecule has 0 atom stereocenters. The molecule has 1 aromatic carbocycles. The second-order valence-corrected chi connectivity index (χ2v) is 5.93. The Balaban J connectivity index is 1.50. The predicted molar refractivity (Wildman–Crippen MR) is 104 cm³/mol. The minimum Gasteiger partial charge on any atom is -0.445 e. The van der Waals surface area contributed by atoms with Gasteiger partial charge in [-0.05, 0) is 11.6 Å². The van der Waals surface area contributed by atoms with Crippen LogP contribution in [0.3, 0.4) is 0 Å². The Morgan fingerprint density at radius 2 is 2.00 bits per heavy atom. The summed E-state index contributed by atoms with van der Waals surface area (Å²) in [6, 6.07) is 11.0. The Morgan fingerprint density at radius 3 is 2.75 bits per heavy atom. The third-order valence-electron chi connectivity index (χ3n) is 3.93. The molecule has 2 amide bonds. The Morgan fingerprint density at radius 1 is 1.21 bits per heavy atom. The van der Waals surface area contributed by atoms with Crippen LogP contribution in [0.2, 0.25) is 0 Å². The molecule has 0 unspecified atom stereocenters. The summed E-state index contributed by atoms with van der Waals surface area (Å²) < 4.78 is 6.81. The number of aromatic nitrogens is 3. The van der Waals surface area contributed by atoms with Gasteiger partial charge in [0.05, 0.1) is 5.56 Å². The highest BCUT2D eigenvalue weighted by Crippen LogP contribution is 2.16. The van der Waals surface area contributed by atoms with E-state index in [0.29, 0.717) is 24.3 Å². The maximum Gasteiger partial charge on any atom is 0.407 e. The molecule has 2 heterocycles. The van der Waals surface area contributed by atoms with Gasteiger partial charge >= 0.3 is 6.09 Å². The lowest BCUT2D eigenvalue weighted by Crippen LogP contribution is -2.24. The first-order chi connectivity index (χ1) is 13.5. The van der Waals surface area contributed by atoms with Crippen molar-refractivity contribution in [1.29, 1.82) is 0 Å². The van der Waals surface area contributed by atoms with Crippen molar-refractivity contribution < 1.29 is 14.3 Å². The molecule has 0 aliphatic heterocycles. The largest absolute Gasteiger partial charge is 0.445 e. The fraction of sp³-hybridized carbons (Fsp3) is 0.158. The zero-order valence-electron chi connectivity index (χ0n) is 15.0. The number of primary amides is 1. The van der Waals surface area contributed by atoms with Gasteiger partial charge in [0.2, 0.25) is 11.9 Å². The molecule has 9 nitrogen and oxygen atoms in total. The Hall–Kier alpha value is -3.88. The summed E-state index contributed by atoms with van der Waals surface area (Å²) in [5.74, 6) is -0.309. The quantitative estimate of drug-likeness (QED) is 0.532. The van der Waals surface area contributed by atoms with Crippen LogP contribution in [0.5, 0.6) is 0 Å². The third kappa shape index (κ3) is 4.64. The number of hydrogen-bond acceptors (Lipinski definition) is 6. The summed E-state index contributed by atoms with van der Waals surface area (Å²) in [6.07, 6.45) is 4.48. The number of alkyl carbamates (subject to hydrolysis) is 1. The summed E-state index contributed by atoms with van der Waals surface area (Å²) in [5.41, 5.74) is 13.4. The predicted octanol–water partition coefficient (Wildman–Crippen LogP) is 1.59. The Labute approximate surface area is 161 Å². The number of carbonyl (C=O) groups excluding carboxylic acids is 2. The molecule has 28 heavy (non-hydrogen) atoms. The topological polar surface area (TPSA) is 138 Å². The number of benzene rings is 1. The number of imidazole rings is 1. The lowest BCUT2D eigenvalue weighted by molar-refractivity contribution is 0.1000. The van der Waals surface area contributed by atoms with Crippen molar-refractivity contribution in [2.24, 2.45) is 5.73 Å². The first kappa shape index (κ1) is 18.9. The number of allylic oxidation sites excluding steroid dienone is 1. The van der Waals surface area contributed by atoms with Gasteiger partial charge < -0.3 is 21.5 Å². The minimum absolute atomic E-state index is 0.215. The van der Waals surface area contributed by atoms with E-state index in [1.807, 2.05) is 36.4 Å². The van der Waals surface area contributed by atoms with Crippen LogP contribution in [0.1, 0.15) is 15.9 Å². The number of nitrogens with zero attached hydrogens (tertiary/aromatic N) is 3. The van der Waals surface area contributed by atoms with E-state index in [0.717, 1.165) is 5.56 Å². The number of pyridine rings is 1. The van der Waals surface area contributed by atoms with Crippen LogP contribution in [0.25, 0.3) is 11.2 Å². The maximum absolute atomic E-state index is 11.7. The third-order valence-corrected chi connectivity index (χ3v) is 3.93. The van der Waals surface area contributed by atoms with Crippen LogP contribution >= 0.6 is 0 Å². The number of rotatable bonds is 7. The molecule has 0 saturated carbocycles. The molecule has 3 aromatic rings. The molecule has 3 rings (SSSR count). The van der Waals surface area contributed by atoms with Crippen molar-refractivity contribution >= 4 is 29.1 Å². The van der Waals surface area contributed by atoms with Gasteiger partial charge in [-0.25, -0.2) is 14.8 Å². The smallest absolute Gasteiger partial charge is 0.407 e. The van der Waals surface area contributed by atoms with E-state index in [-0.39, 0.29) is 18.1 Å². The number of nitrogens with two attached hydrogens (primary N) is 2. The second kappa shape index (κ2) is 8.67. The number of carbonyl (C=O) groups is 2. The zero-order valence-corrected chi connectivity index (χ0v) is 15.0. The van der Waals surface area contributed by atoms with Gasteiger partial charge in [0.15, 0.2) is 5.65 Å². The van der Waals surface area contributed by atoms with Gasteiger partial charge in [-0.1, -0.05) is 42.5 Å². The molecule has 0 aliphatic rings. The summed E-state index contributed by atoms with van der Waals surface area (Å²) >= 11 is 0. The maximum atomic E-state index is 11.7. The van der Waals surface area contributed by atoms with E-state index in [2.05, 4.69) is 15.3 Å². The average molecular weight is 380 g/mol. The highest BCUT2D eigenvalue weighted by Gasteiger charge is 2.11. The van der Waals surface area contributed by atoms with Crippen molar-refractivity contribution in [2.45, 2.75) is 13.2 Å². The van der Waals surface area contributed by atoms with Crippen molar-refractivity contribution in [3.8, 4) is 0 Å². The number of amides is 2. The van der Waals surface area contributed by atoms with Crippen LogP contribution in [-0.2, 0) is 17.9 Å². The number of ether oxygens (including phenoxy) is 1. The highest BCUT2D eigenvalue weighted by molar-refractivity contribution is 5.95. The van der Waals surface area contributed by atoms with E-state index in [1.165, 1.54) is 6.20 Å². The molecule has 144 valence electrons. The van der Waals surface area contributed by atoms with E-state index in [4.69, 9.17) is 16.2 Å². The van der Waals surface area contributed by atoms with Gasteiger partial charge in [-0.3, -0.25) is 9.36 Å². The molecule has 9 heteroatoms. The summed E-state index contributed by atoms with van der Waals surface area (Å²) in [5, 5.41) is 2.63. The van der Waals surface area contributed by atoms with Gasteiger partial charge in [0.25, 0.3) is 0 Å². The number of anilines is 1. The molecule has 0 saturated heterocycles. The highest BCUT2D eigenvalue weighted by atomic mass is 16.5. The normalized spacial score (nSPS) is 11.0. The number of fused-ring (bicyclic) bond motifs is 1. The number of nitrogen functional groups attached to an aromatic ring is 1. The first-order valence-electron chi connectivity index (χ1n) is 8.55. The van der Waals surface area contributed by atoms with Gasteiger partial charge in [-0.15, -0.1) is 0 Å². The summed E-state index contributed by atoms with van der Waals surface area (Å²) in [4.78, 5) is 31.3. The molecule has 2 aromatic heterocycles. The lowest BCUT2D eigenvalue weighted by atomic mass is 10.2. The average Bonchev–Trinajstić information content (AvgIpc) is 3.01. The Bertz CT molecular complexity index is 1010. The molecule has 0 aliphatic carbocycles. The van der Waals surface area contributed by atoms with E-state index < -0.39 is 12.0 Å². The van der Waals surface area contributed by atoms with Crippen molar-refractivity contribution in [3.63, 3.8) is 0 Å². The van der Waals surface area contributed by atoms with Crippen LogP contribution in [0, 0.1) is 0 Å². The lowest BCUT2D eigenvalue weighted by Gasteiger charge is -2.05. The SMILES string of the molecule is NC(=O)c1cnc2c(c1)nc(N)n2C/C=C/CNC(=O)OCc1ccccc1. The molecular formula is C19H20N6O3. The molecule has 5 N–H and O–H groups in total. The molecule has 0 bridgehead atoms. The molecule has 0 fully saturated rings. The number of hydrogen-bond donors (Lipinski definition) is 3. The standard InChI is InChI=1S/C19H20N6O3/c20-16(26)14-10-15-17(23-11-14)25(18(21)24-15)9-5-4-8-22-19(27)28-12-13-6-2-1-3-7-13/h1-7,10-11H,8-9,12H2,(H2,20,26)(H2,21,24)(H,22,27)/b5-4+. The van der Waals surface area contributed by atoms with Gasteiger partial charge in [0, 0.05) is 19.3 Å². The van der Waals surface area contributed by atoms with Crippen molar-refractivity contribution in [1.82, 2.24) is 19.9 Å². The van der Waals surface area contributed by atoms with E-state index in [9.17, 15) is 9.59 Å². The summed E-state index contributed by atoms with van der Waals surface area (Å²) in [7, 11) is 0. The minimum atomic E-state index is -0.576. The van der Waals surface area contributed by atoms with Crippen LogP contribution in [0.15, 0.2) is 54.7 Å². The second-order valence-electron chi connectivity index (χ2n) is 5.93. The fourth-order valence-electron chi connectivity index (χ4n) is 2.52. The first-order valence-corrected chi connectivity index (χ1v) is 8.55. The van der Waals surface area contributed by atoms with Gasteiger partial charge in [0.1, 0.15) is 12.1 Å².